The van der Waals surface area contributed by atoms with Crippen LogP contribution in [0.3, 0.4) is 0 Å². The second-order valence-electron chi connectivity index (χ2n) is 6.09. The SMILES string of the molecule is CC(C)C(C)(CN)NC(=O)CCNC(=O)Cc1ccccc1. The first kappa shape index (κ1) is 18.2. The summed E-state index contributed by atoms with van der Waals surface area (Å²) >= 11 is 0. The van der Waals surface area contributed by atoms with Gasteiger partial charge in [0.25, 0.3) is 0 Å². The first-order chi connectivity index (χ1) is 10.4. The number of hydrogen-bond donors (Lipinski definition) is 3. The maximum atomic E-state index is 11.9. The highest BCUT2D eigenvalue weighted by atomic mass is 16.2. The highest BCUT2D eigenvalue weighted by Crippen LogP contribution is 2.14. The molecule has 1 unspecified atom stereocenters. The van der Waals surface area contributed by atoms with Crippen LogP contribution in [-0.2, 0) is 16.0 Å². The highest BCUT2D eigenvalue weighted by molar-refractivity contribution is 5.80. The zero-order valence-electron chi connectivity index (χ0n) is 13.7. The smallest absolute Gasteiger partial charge is 0.224 e. The van der Waals surface area contributed by atoms with Gasteiger partial charge in [0.15, 0.2) is 0 Å². The van der Waals surface area contributed by atoms with Gasteiger partial charge in [-0.3, -0.25) is 9.59 Å². The van der Waals surface area contributed by atoms with E-state index in [1.165, 1.54) is 0 Å². The van der Waals surface area contributed by atoms with Gasteiger partial charge in [-0.2, -0.15) is 0 Å². The van der Waals surface area contributed by atoms with Crippen LogP contribution in [0.2, 0.25) is 0 Å². The number of nitrogens with one attached hydrogen (secondary N) is 2. The number of carbonyl (C=O) groups is 2. The predicted molar refractivity (Wildman–Crippen MR) is 88.2 cm³/mol. The Morgan fingerprint density at radius 3 is 2.36 bits per heavy atom. The molecule has 0 aliphatic carbocycles. The second-order valence-corrected chi connectivity index (χ2v) is 6.09. The third-order valence-corrected chi connectivity index (χ3v) is 4.01. The third kappa shape index (κ3) is 5.85. The van der Waals surface area contributed by atoms with Crippen LogP contribution in [0.15, 0.2) is 30.3 Å². The Balaban J connectivity index is 2.31. The minimum absolute atomic E-state index is 0.0792. The highest BCUT2D eigenvalue weighted by Gasteiger charge is 2.28. The van der Waals surface area contributed by atoms with Crippen molar-refractivity contribution >= 4 is 11.8 Å². The topological polar surface area (TPSA) is 84.2 Å². The average Bonchev–Trinajstić information content (AvgIpc) is 2.47. The van der Waals surface area contributed by atoms with E-state index in [9.17, 15) is 9.59 Å². The van der Waals surface area contributed by atoms with Crippen LogP contribution in [-0.4, -0.2) is 30.4 Å². The monoisotopic (exact) mass is 305 g/mol. The summed E-state index contributed by atoms with van der Waals surface area (Å²) < 4.78 is 0. The van der Waals surface area contributed by atoms with Gasteiger partial charge in [0.2, 0.25) is 11.8 Å². The van der Waals surface area contributed by atoms with E-state index in [2.05, 4.69) is 10.6 Å². The fraction of sp³-hybridized carbons (Fsp3) is 0.529. The molecule has 5 heteroatoms. The summed E-state index contributed by atoms with van der Waals surface area (Å²) in [6.45, 7) is 6.69. The Morgan fingerprint density at radius 2 is 1.82 bits per heavy atom. The molecule has 22 heavy (non-hydrogen) atoms. The van der Waals surface area contributed by atoms with Crippen molar-refractivity contribution in [2.24, 2.45) is 11.7 Å². The summed E-state index contributed by atoms with van der Waals surface area (Å²) in [5, 5.41) is 5.71. The number of amides is 2. The summed E-state index contributed by atoms with van der Waals surface area (Å²) in [6, 6.07) is 9.52. The molecule has 122 valence electrons. The molecule has 4 N–H and O–H groups in total. The van der Waals surface area contributed by atoms with Gasteiger partial charge < -0.3 is 16.4 Å². The van der Waals surface area contributed by atoms with Crippen molar-refractivity contribution in [2.75, 3.05) is 13.1 Å². The molecule has 0 bridgehead atoms. The van der Waals surface area contributed by atoms with E-state index in [4.69, 9.17) is 5.73 Å². The number of nitrogens with two attached hydrogens (primary N) is 1. The molecule has 1 rings (SSSR count). The second kappa shape index (κ2) is 8.54. The van der Waals surface area contributed by atoms with Crippen molar-refractivity contribution in [3.63, 3.8) is 0 Å². The van der Waals surface area contributed by atoms with Crippen LogP contribution < -0.4 is 16.4 Å². The molecule has 0 saturated carbocycles. The Hall–Kier alpha value is -1.88. The van der Waals surface area contributed by atoms with Gasteiger partial charge in [-0.05, 0) is 18.4 Å². The van der Waals surface area contributed by atoms with Gasteiger partial charge in [0.1, 0.15) is 0 Å². The molecule has 1 aromatic rings. The maximum absolute atomic E-state index is 11.9. The van der Waals surface area contributed by atoms with E-state index >= 15 is 0 Å². The third-order valence-electron chi connectivity index (χ3n) is 4.01. The van der Waals surface area contributed by atoms with Crippen LogP contribution in [0, 0.1) is 5.92 Å². The van der Waals surface area contributed by atoms with Gasteiger partial charge in [-0.25, -0.2) is 0 Å². The van der Waals surface area contributed by atoms with Gasteiger partial charge in [-0.15, -0.1) is 0 Å². The fourth-order valence-electron chi connectivity index (χ4n) is 1.97. The average molecular weight is 305 g/mol. The molecule has 0 aliphatic heterocycles. The number of rotatable bonds is 8. The molecule has 1 aromatic carbocycles. The van der Waals surface area contributed by atoms with Crippen LogP contribution in [0.1, 0.15) is 32.8 Å². The van der Waals surface area contributed by atoms with Crippen molar-refractivity contribution < 1.29 is 9.59 Å². The van der Waals surface area contributed by atoms with E-state index in [1.807, 2.05) is 51.1 Å². The van der Waals surface area contributed by atoms with Gasteiger partial charge >= 0.3 is 0 Å². The lowest BCUT2D eigenvalue weighted by atomic mass is 9.88. The fourth-order valence-corrected chi connectivity index (χ4v) is 1.97. The van der Waals surface area contributed by atoms with Crippen molar-refractivity contribution in [3.8, 4) is 0 Å². The Kier molecular flexibility index (Phi) is 7.05. The lowest BCUT2D eigenvalue weighted by molar-refractivity contribution is -0.123. The quantitative estimate of drug-likeness (QED) is 0.675. The Labute approximate surface area is 132 Å². The zero-order chi connectivity index (χ0) is 16.6. The summed E-state index contributed by atoms with van der Waals surface area (Å²) in [5.41, 5.74) is 6.28. The molecule has 0 fully saturated rings. The van der Waals surface area contributed by atoms with Crippen molar-refractivity contribution in [3.05, 3.63) is 35.9 Å². The van der Waals surface area contributed by atoms with Crippen molar-refractivity contribution in [1.82, 2.24) is 10.6 Å². The minimum atomic E-state index is -0.412. The Morgan fingerprint density at radius 1 is 1.18 bits per heavy atom. The zero-order valence-corrected chi connectivity index (χ0v) is 13.7. The summed E-state index contributed by atoms with van der Waals surface area (Å²) in [7, 11) is 0. The maximum Gasteiger partial charge on any atom is 0.224 e. The summed E-state index contributed by atoms with van der Waals surface area (Å²) in [6.07, 6.45) is 0.581. The van der Waals surface area contributed by atoms with Crippen LogP contribution in [0.5, 0.6) is 0 Å². The van der Waals surface area contributed by atoms with Crippen LogP contribution >= 0.6 is 0 Å². The molecule has 0 heterocycles. The minimum Gasteiger partial charge on any atom is -0.355 e. The Bertz CT molecular complexity index is 488. The molecule has 2 amide bonds. The molecule has 0 aliphatic rings. The van der Waals surface area contributed by atoms with Crippen molar-refractivity contribution in [2.45, 2.75) is 39.2 Å². The number of benzene rings is 1. The number of hydrogen-bond acceptors (Lipinski definition) is 3. The van der Waals surface area contributed by atoms with E-state index in [0.717, 1.165) is 5.56 Å². The summed E-state index contributed by atoms with van der Waals surface area (Å²) in [5.74, 6) is 0.0697. The first-order valence-corrected chi connectivity index (χ1v) is 7.69. The molecule has 1 atom stereocenters. The van der Waals surface area contributed by atoms with Gasteiger partial charge in [0, 0.05) is 19.5 Å². The standard InChI is InChI=1S/C17H27N3O2/c1-13(2)17(3,12-18)20-15(21)9-10-19-16(22)11-14-7-5-4-6-8-14/h4-8,13H,9-12,18H2,1-3H3,(H,19,22)(H,20,21). The van der Waals surface area contributed by atoms with Gasteiger partial charge in [0.05, 0.1) is 12.0 Å². The molecule has 0 saturated heterocycles. The van der Waals surface area contributed by atoms with E-state index < -0.39 is 5.54 Å². The first-order valence-electron chi connectivity index (χ1n) is 7.69. The van der Waals surface area contributed by atoms with Crippen LogP contribution in [0.4, 0.5) is 0 Å². The number of carbonyl (C=O) groups excluding carboxylic acids is 2. The normalized spacial score (nSPS) is 13.5. The van der Waals surface area contributed by atoms with E-state index in [-0.39, 0.29) is 24.2 Å². The summed E-state index contributed by atoms with van der Waals surface area (Å²) in [4.78, 5) is 23.7. The van der Waals surface area contributed by atoms with E-state index in [0.29, 0.717) is 19.5 Å². The molecular formula is C17H27N3O2. The van der Waals surface area contributed by atoms with Crippen LogP contribution in [0.25, 0.3) is 0 Å². The molecular weight excluding hydrogens is 278 g/mol. The van der Waals surface area contributed by atoms with Crippen molar-refractivity contribution in [1.29, 1.82) is 0 Å². The lowest BCUT2D eigenvalue weighted by Crippen LogP contribution is -2.55. The van der Waals surface area contributed by atoms with Gasteiger partial charge in [-0.1, -0.05) is 44.2 Å². The predicted octanol–water partition coefficient (Wildman–Crippen LogP) is 1.23. The molecule has 0 aromatic heterocycles. The molecule has 0 radical (unpaired) electrons. The van der Waals surface area contributed by atoms with E-state index in [1.54, 1.807) is 0 Å². The lowest BCUT2D eigenvalue weighted by Gasteiger charge is -2.33. The molecule has 0 spiro atoms. The largest absolute Gasteiger partial charge is 0.355 e. The molecule has 5 nitrogen and oxygen atoms in total.